The van der Waals surface area contributed by atoms with Gasteiger partial charge in [0.2, 0.25) is 15.9 Å². The van der Waals surface area contributed by atoms with Gasteiger partial charge in [-0.1, -0.05) is 0 Å². The van der Waals surface area contributed by atoms with Gasteiger partial charge in [-0.3, -0.25) is 4.79 Å². The molecule has 2 rings (SSSR count). The Labute approximate surface area is 124 Å². The van der Waals surface area contributed by atoms with Crippen LogP contribution in [0.2, 0.25) is 0 Å². The first-order valence-electron chi connectivity index (χ1n) is 6.91. The molecule has 1 amide bonds. The van der Waals surface area contributed by atoms with Crippen molar-refractivity contribution in [2.45, 2.75) is 43.6 Å². The highest BCUT2D eigenvalue weighted by Crippen LogP contribution is 2.20. The van der Waals surface area contributed by atoms with E-state index in [0.717, 1.165) is 19.4 Å². The van der Waals surface area contributed by atoms with Crippen molar-refractivity contribution in [3.05, 3.63) is 23.8 Å². The van der Waals surface area contributed by atoms with Gasteiger partial charge >= 0.3 is 0 Å². The maximum atomic E-state index is 11.9. The van der Waals surface area contributed by atoms with Crippen molar-refractivity contribution < 1.29 is 17.9 Å². The summed E-state index contributed by atoms with van der Waals surface area (Å²) in [5.41, 5.74) is 1.26. The van der Waals surface area contributed by atoms with Gasteiger partial charge in [-0.25, -0.2) is 13.6 Å². The Kier molecular flexibility index (Phi) is 4.97. The molecule has 1 fully saturated rings. The zero-order valence-electron chi connectivity index (χ0n) is 12.0. The lowest BCUT2D eigenvalue weighted by molar-refractivity contribution is -0.116. The number of aryl methyl sites for hydroxylation is 1. The predicted molar refractivity (Wildman–Crippen MR) is 79.4 cm³/mol. The van der Waals surface area contributed by atoms with Crippen molar-refractivity contribution in [2.75, 3.05) is 11.9 Å². The number of nitrogens with two attached hydrogens (primary N) is 1. The molecule has 6 nitrogen and oxygen atoms in total. The van der Waals surface area contributed by atoms with Crippen molar-refractivity contribution in [2.24, 2.45) is 5.14 Å². The highest BCUT2D eigenvalue weighted by molar-refractivity contribution is 7.89. The monoisotopic (exact) mass is 312 g/mol. The summed E-state index contributed by atoms with van der Waals surface area (Å²) in [7, 11) is -3.72. The highest BCUT2D eigenvalue weighted by Gasteiger charge is 2.17. The Morgan fingerprint density at radius 3 is 2.81 bits per heavy atom. The van der Waals surface area contributed by atoms with E-state index in [2.05, 4.69) is 5.32 Å². The summed E-state index contributed by atoms with van der Waals surface area (Å²) in [6.07, 6.45) is 3.35. The fraction of sp³-hybridized carbons (Fsp3) is 0.500. The van der Waals surface area contributed by atoms with Crippen molar-refractivity contribution in [3.8, 4) is 0 Å². The molecule has 0 aliphatic carbocycles. The van der Waals surface area contributed by atoms with Crippen molar-refractivity contribution in [1.29, 1.82) is 0 Å². The molecular weight excluding hydrogens is 292 g/mol. The molecule has 0 aromatic heterocycles. The van der Waals surface area contributed by atoms with Crippen LogP contribution in [0.15, 0.2) is 23.1 Å². The number of ether oxygens (including phenoxy) is 1. The van der Waals surface area contributed by atoms with E-state index in [1.54, 1.807) is 13.0 Å². The van der Waals surface area contributed by atoms with Crippen LogP contribution in [-0.4, -0.2) is 27.0 Å². The summed E-state index contributed by atoms with van der Waals surface area (Å²) in [5.74, 6) is -0.100. The smallest absolute Gasteiger partial charge is 0.238 e. The molecule has 1 aromatic rings. The second-order valence-electron chi connectivity index (χ2n) is 5.24. The number of hydrogen-bond donors (Lipinski definition) is 2. The van der Waals surface area contributed by atoms with E-state index in [-0.39, 0.29) is 16.9 Å². The zero-order chi connectivity index (χ0) is 15.5. The van der Waals surface area contributed by atoms with Gasteiger partial charge in [0.05, 0.1) is 11.0 Å². The molecule has 7 heteroatoms. The van der Waals surface area contributed by atoms with Gasteiger partial charge in [0.25, 0.3) is 0 Å². The zero-order valence-corrected chi connectivity index (χ0v) is 12.8. The van der Waals surface area contributed by atoms with E-state index >= 15 is 0 Å². The molecule has 1 aliphatic heterocycles. The lowest BCUT2D eigenvalue weighted by Gasteiger charge is -2.11. The van der Waals surface area contributed by atoms with E-state index in [9.17, 15) is 13.2 Å². The maximum absolute atomic E-state index is 11.9. The molecule has 1 aliphatic rings. The second-order valence-corrected chi connectivity index (χ2v) is 6.81. The first-order valence-corrected chi connectivity index (χ1v) is 8.46. The number of carbonyl (C=O) groups is 1. The Morgan fingerprint density at radius 2 is 2.24 bits per heavy atom. The molecule has 1 aromatic carbocycles. The van der Waals surface area contributed by atoms with Crippen LogP contribution in [0.5, 0.6) is 0 Å². The van der Waals surface area contributed by atoms with Crippen LogP contribution in [0.3, 0.4) is 0 Å². The van der Waals surface area contributed by atoms with E-state index < -0.39 is 10.0 Å². The van der Waals surface area contributed by atoms with E-state index in [1.165, 1.54) is 12.1 Å². The molecule has 1 unspecified atom stereocenters. The van der Waals surface area contributed by atoms with Gasteiger partial charge in [-0.05, 0) is 49.9 Å². The summed E-state index contributed by atoms with van der Waals surface area (Å²) in [6, 6.07) is 4.39. The third-order valence-electron chi connectivity index (χ3n) is 3.52. The number of carbonyl (C=O) groups excluding carboxylic acids is 1. The minimum absolute atomic E-state index is 0.0392. The molecule has 0 radical (unpaired) electrons. The second kappa shape index (κ2) is 6.55. The van der Waals surface area contributed by atoms with Crippen LogP contribution in [0.1, 0.15) is 31.2 Å². The van der Waals surface area contributed by atoms with Crippen LogP contribution in [0.25, 0.3) is 0 Å². The van der Waals surface area contributed by atoms with Gasteiger partial charge in [0.15, 0.2) is 0 Å². The minimum Gasteiger partial charge on any atom is -0.378 e. The van der Waals surface area contributed by atoms with Crippen LogP contribution >= 0.6 is 0 Å². The third-order valence-corrected chi connectivity index (χ3v) is 4.43. The normalized spacial score (nSPS) is 18.7. The molecule has 0 saturated carbocycles. The topological polar surface area (TPSA) is 98.5 Å². The number of amides is 1. The number of primary sulfonamides is 1. The van der Waals surface area contributed by atoms with Gasteiger partial charge < -0.3 is 10.1 Å². The Morgan fingerprint density at radius 1 is 1.48 bits per heavy atom. The molecule has 1 saturated heterocycles. The SMILES string of the molecule is Cc1cc(S(N)(=O)=O)ccc1NC(=O)CCC1CCCO1. The highest BCUT2D eigenvalue weighted by atomic mass is 32.2. The summed E-state index contributed by atoms with van der Waals surface area (Å²) in [4.78, 5) is 11.9. The van der Waals surface area contributed by atoms with Gasteiger partial charge in [-0.15, -0.1) is 0 Å². The van der Waals surface area contributed by atoms with E-state index in [0.29, 0.717) is 24.1 Å². The predicted octanol–water partition coefficient (Wildman–Crippen LogP) is 1.54. The van der Waals surface area contributed by atoms with Crippen molar-refractivity contribution >= 4 is 21.6 Å². The number of benzene rings is 1. The van der Waals surface area contributed by atoms with Crippen molar-refractivity contribution in [3.63, 3.8) is 0 Å². The first kappa shape index (κ1) is 15.9. The number of nitrogens with one attached hydrogen (secondary N) is 1. The molecule has 0 spiro atoms. The molecule has 21 heavy (non-hydrogen) atoms. The molecule has 1 atom stereocenters. The van der Waals surface area contributed by atoms with Crippen LogP contribution in [0, 0.1) is 6.92 Å². The summed E-state index contributed by atoms with van der Waals surface area (Å²) in [6.45, 7) is 2.50. The first-order chi connectivity index (χ1) is 9.86. The third kappa shape index (κ3) is 4.52. The van der Waals surface area contributed by atoms with E-state index in [4.69, 9.17) is 9.88 Å². The molecule has 0 bridgehead atoms. The largest absolute Gasteiger partial charge is 0.378 e. The quantitative estimate of drug-likeness (QED) is 0.861. The fourth-order valence-electron chi connectivity index (χ4n) is 2.33. The van der Waals surface area contributed by atoms with Crippen LogP contribution in [0.4, 0.5) is 5.69 Å². The average molecular weight is 312 g/mol. The number of anilines is 1. The molecule has 116 valence electrons. The number of rotatable bonds is 5. The van der Waals surface area contributed by atoms with Crippen LogP contribution < -0.4 is 10.5 Å². The number of sulfonamides is 1. The molecule has 1 heterocycles. The summed E-state index contributed by atoms with van der Waals surface area (Å²) < 4.78 is 28.0. The fourth-order valence-corrected chi connectivity index (χ4v) is 2.93. The van der Waals surface area contributed by atoms with Crippen LogP contribution in [-0.2, 0) is 19.6 Å². The summed E-state index contributed by atoms with van der Waals surface area (Å²) >= 11 is 0. The molecule has 3 N–H and O–H groups in total. The standard InChI is InChI=1S/C14H20N2O4S/c1-10-9-12(21(15,18)19)5-6-13(10)16-14(17)7-4-11-3-2-8-20-11/h5-6,9,11H,2-4,7-8H2,1H3,(H,16,17)(H2,15,18,19). The minimum atomic E-state index is -3.72. The lowest BCUT2D eigenvalue weighted by atomic mass is 10.1. The van der Waals surface area contributed by atoms with Gasteiger partial charge in [-0.2, -0.15) is 0 Å². The van der Waals surface area contributed by atoms with E-state index in [1.807, 2.05) is 0 Å². The number of hydrogen-bond acceptors (Lipinski definition) is 4. The van der Waals surface area contributed by atoms with Crippen molar-refractivity contribution in [1.82, 2.24) is 0 Å². The van der Waals surface area contributed by atoms with Gasteiger partial charge in [0, 0.05) is 18.7 Å². The Hall–Kier alpha value is -1.44. The Bertz CT molecular complexity index is 622. The Balaban J connectivity index is 1.94. The average Bonchev–Trinajstić information content (AvgIpc) is 2.91. The summed E-state index contributed by atoms with van der Waals surface area (Å²) in [5, 5.41) is 7.85. The maximum Gasteiger partial charge on any atom is 0.238 e. The molecular formula is C14H20N2O4S. The van der Waals surface area contributed by atoms with Gasteiger partial charge in [0.1, 0.15) is 0 Å². The lowest BCUT2D eigenvalue weighted by Crippen LogP contribution is -2.16.